The van der Waals surface area contributed by atoms with Crippen LogP contribution in [0, 0.1) is 46.6 Å². The van der Waals surface area contributed by atoms with Gasteiger partial charge in [-0.05, 0) is 79.6 Å². The van der Waals surface area contributed by atoms with E-state index in [9.17, 15) is 10.2 Å². The van der Waals surface area contributed by atoms with Crippen LogP contribution in [0.2, 0.25) is 0 Å². The SMILES string of the molecule is CC(C)C#C[C@]1(O)CC[C@H]2[C@@H]3CCC4=CC(O)CCC4=C3[C@@H](c3ccc(N(C)C)c(F)c3F)C[C@@]21C. The molecule has 2 saturated carbocycles. The van der Waals surface area contributed by atoms with Crippen molar-refractivity contribution < 1.29 is 19.0 Å². The van der Waals surface area contributed by atoms with Gasteiger partial charge >= 0.3 is 0 Å². The van der Waals surface area contributed by atoms with Gasteiger partial charge in [-0.25, -0.2) is 8.78 Å². The second-order valence-corrected chi connectivity index (χ2v) is 12.2. The molecule has 5 rings (SSSR count). The molecule has 194 valence electrons. The Bertz CT molecular complexity index is 1190. The van der Waals surface area contributed by atoms with Crippen LogP contribution in [0.25, 0.3) is 0 Å². The lowest BCUT2D eigenvalue weighted by molar-refractivity contribution is -0.0517. The normalized spacial score (nSPS) is 35.4. The molecule has 5 heteroatoms. The monoisotopic (exact) mass is 495 g/mol. The topological polar surface area (TPSA) is 43.7 Å². The van der Waals surface area contributed by atoms with Gasteiger partial charge in [-0.3, -0.25) is 0 Å². The Kier molecular flexibility index (Phi) is 6.37. The van der Waals surface area contributed by atoms with Gasteiger partial charge in [0.1, 0.15) is 5.60 Å². The second-order valence-electron chi connectivity index (χ2n) is 12.2. The van der Waals surface area contributed by atoms with Crippen molar-refractivity contribution in [2.45, 2.75) is 83.3 Å². The van der Waals surface area contributed by atoms with Crippen molar-refractivity contribution in [3.63, 3.8) is 0 Å². The fourth-order valence-electron chi connectivity index (χ4n) is 7.70. The number of allylic oxidation sites excluding steroid dienone is 3. The van der Waals surface area contributed by atoms with E-state index < -0.39 is 28.8 Å². The largest absolute Gasteiger partial charge is 0.389 e. The maximum Gasteiger partial charge on any atom is 0.182 e. The van der Waals surface area contributed by atoms with Gasteiger partial charge in [-0.15, -0.1) is 0 Å². The van der Waals surface area contributed by atoms with Crippen LogP contribution in [0.1, 0.15) is 77.2 Å². The van der Waals surface area contributed by atoms with Crippen LogP contribution in [0.15, 0.2) is 34.9 Å². The van der Waals surface area contributed by atoms with Gasteiger partial charge < -0.3 is 15.1 Å². The Balaban J connectivity index is 1.70. The van der Waals surface area contributed by atoms with Crippen LogP contribution >= 0.6 is 0 Å². The zero-order chi connectivity index (χ0) is 26.0. The lowest BCUT2D eigenvalue weighted by Gasteiger charge is -2.54. The van der Waals surface area contributed by atoms with E-state index in [4.69, 9.17) is 0 Å². The predicted octanol–water partition coefficient (Wildman–Crippen LogP) is 6.11. The molecule has 0 heterocycles. The number of aliphatic hydroxyl groups is 2. The van der Waals surface area contributed by atoms with Gasteiger partial charge in [0.15, 0.2) is 11.6 Å². The molecule has 0 aliphatic heterocycles. The number of nitrogens with zero attached hydrogens (tertiary/aromatic N) is 1. The Labute approximate surface area is 214 Å². The van der Waals surface area contributed by atoms with E-state index in [0.29, 0.717) is 24.8 Å². The average Bonchev–Trinajstić information content (AvgIpc) is 3.09. The predicted molar refractivity (Wildman–Crippen MR) is 140 cm³/mol. The van der Waals surface area contributed by atoms with Gasteiger partial charge in [-0.2, -0.15) is 0 Å². The quantitative estimate of drug-likeness (QED) is 0.487. The van der Waals surface area contributed by atoms with Crippen molar-refractivity contribution >= 4 is 5.69 Å². The molecule has 1 aromatic carbocycles. The van der Waals surface area contributed by atoms with Crippen LogP contribution in [-0.4, -0.2) is 36.0 Å². The van der Waals surface area contributed by atoms with E-state index in [1.807, 2.05) is 19.9 Å². The molecule has 1 unspecified atom stereocenters. The van der Waals surface area contributed by atoms with Crippen LogP contribution in [-0.2, 0) is 0 Å². The number of aliphatic hydroxyl groups excluding tert-OH is 1. The number of halogens is 2. The molecule has 0 radical (unpaired) electrons. The van der Waals surface area contributed by atoms with E-state index in [1.54, 1.807) is 31.1 Å². The molecule has 4 aliphatic rings. The lowest BCUT2D eigenvalue weighted by atomic mass is 9.51. The van der Waals surface area contributed by atoms with E-state index in [2.05, 4.69) is 18.8 Å². The van der Waals surface area contributed by atoms with Crippen molar-refractivity contribution in [3.05, 3.63) is 52.1 Å². The van der Waals surface area contributed by atoms with Crippen molar-refractivity contribution in [3.8, 4) is 11.8 Å². The third kappa shape index (κ3) is 3.84. The highest BCUT2D eigenvalue weighted by Crippen LogP contribution is 2.66. The summed E-state index contributed by atoms with van der Waals surface area (Å²) in [6, 6.07) is 3.42. The fraction of sp³-hybridized carbons (Fsp3) is 0.613. The Morgan fingerprint density at radius 2 is 1.83 bits per heavy atom. The first-order valence-corrected chi connectivity index (χ1v) is 13.5. The van der Waals surface area contributed by atoms with Crippen molar-refractivity contribution in [1.82, 2.24) is 0 Å². The van der Waals surface area contributed by atoms with Gasteiger partial charge in [0.2, 0.25) is 0 Å². The second kappa shape index (κ2) is 8.99. The maximum absolute atomic E-state index is 15.8. The molecule has 1 aromatic rings. The summed E-state index contributed by atoms with van der Waals surface area (Å²) in [5.41, 5.74) is 2.58. The molecule has 2 N–H and O–H groups in total. The van der Waals surface area contributed by atoms with E-state index in [-0.39, 0.29) is 29.4 Å². The molecule has 0 bridgehead atoms. The van der Waals surface area contributed by atoms with E-state index in [0.717, 1.165) is 25.7 Å². The van der Waals surface area contributed by atoms with Crippen LogP contribution in [0.3, 0.4) is 0 Å². The summed E-state index contributed by atoms with van der Waals surface area (Å²) in [7, 11) is 3.42. The van der Waals surface area contributed by atoms with Gasteiger partial charge in [0.25, 0.3) is 0 Å². The molecule has 0 saturated heterocycles. The first-order valence-electron chi connectivity index (χ1n) is 13.5. The Morgan fingerprint density at radius 1 is 1.08 bits per heavy atom. The molecule has 4 aliphatic carbocycles. The van der Waals surface area contributed by atoms with Gasteiger partial charge in [0, 0.05) is 31.3 Å². The van der Waals surface area contributed by atoms with E-state index >= 15 is 8.78 Å². The number of fused-ring (bicyclic) bond motifs is 4. The fourth-order valence-corrected chi connectivity index (χ4v) is 7.70. The summed E-state index contributed by atoms with van der Waals surface area (Å²) < 4.78 is 31.1. The van der Waals surface area contributed by atoms with Crippen LogP contribution < -0.4 is 4.90 Å². The highest BCUT2D eigenvalue weighted by atomic mass is 19.2. The number of rotatable bonds is 2. The maximum atomic E-state index is 15.8. The molecule has 0 aromatic heterocycles. The average molecular weight is 496 g/mol. The first-order chi connectivity index (χ1) is 17.0. The summed E-state index contributed by atoms with van der Waals surface area (Å²) in [5, 5.41) is 22.2. The molecule has 36 heavy (non-hydrogen) atoms. The molecule has 3 nitrogen and oxygen atoms in total. The minimum Gasteiger partial charge on any atom is -0.389 e. The summed E-state index contributed by atoms with van der Waals surface area (Å²) in [6.07, 6.45) is 6.75. The highest BCUT2D eigenvalue weighted by Gasteiger charge is 2.62. The Morgan fingerprint density at radius 3 is 2.53 bits per heavy atom. The standard InChI is InChI=1S/C31H39F2NO2/c1-18(2)12-14-31(36)15-13-25-23-8-6-19-16-20(35)7-9-21(19)27(23)24(17-30(25,31)3)22-10-11-26(34(4)5)29(33)28(22)32/h10-11,16,18,20,23-25,35-36H,6-9,13,15,17H2,1-5H3/t20?,23-,24+,25-,30-,31-/m0/s1. The van der Waals surface area contributed by atoms with Gasteiger partial charge in [-0.1, -0.05) is 50.3 Å². The number of hydrogen-bond donors (Lipinski definition) is 2. The molecule has 0 amide bonds. The van der Waals surface area contributed by atoms with Crippen LogP contribution in [0.4, 0.5) is 14.5 Å². The zero-order valence-electron chi connectivity index (χ0n) is 22.2. The smallest absolute Gasteiger partial charge is 0.182 e. The number of benzene rings is 1. The highest BCUT2D eigenvalue weighted by molar-refractivity contribution is 5.54. The molecular weight excluding hydrogens is 456 g/mol. The summed E-state index contributed by atoms with van der Waals surface area (Å²) >= 11 is 0. The van der Waals surface area contributed by atoms with Crippen molar-refractivity contribution in [2.75, 3.05) is 19.0 Å². The third-order valence-corrected chi connectivity index (χ3v) is 9.53. The van der Waals surface area contributed by atoms with Gasteiger partial charge in [0.05, 0.1) is 11.8 Å². The zero-order valence-corrected chi connectivity index (χ0v) is 22.2. The van der Waals surface area contributed by atoms with Crippen molar-refractivity contribution in [1.29, 1.82) is 0 Å². The third-order valence-electron chi connectivity index (χ3n) is 9.53. The molecule has 0 spiro atoms. The summed E-state index contributed by atoms with van der Waals surface area (Å²) in [5.74, 6) is 5.10. The number of hydrogen-bond acceptors (Lipinski definition) is 3. The summed E-state index contributed by atoms with van der Waals surface area (Å²) in [6.45, 7) is 6.18. The first kappa shape index (κ1) is 25.5. The lowest BCUT2D eigenvalue weighted by Crippen LogP contribution is -2.51. The number of anilines is 1. The Hall–Kier alpha value is -2.16. The molecular formula is C31H39F2NO2. The van der Waals surface area contributed by atoms with Crippen LogP contribution in [0.5, 0.6) is 0 Å². The van der Waals surface area contributed by atoms with E-state index in [1.165, 1.54) is 16.7 Å². The molecule has 2 fully saturated rings. The summed E-state index contributed by atoms with van der Waals surface area (Å²) in [4.78, 5) is 1.59. The molecule has 6 atom stereocenters. The van der Waals surface area contributed by atoms with Crippen molar-refractivity contribution in [2.24, 2.45) is 23.2 Å². The minimum absolute atomic E-state index is 0.148. The minimum atomic E-state index is -1.14.